The lowest BCUT2D eigenvalue weighted by Crippen LogP contribution is -2.13. The van der Waals surface area contributed by atoms with E-state index < -0.39 is 0 Å². The lowest BCUT2D eigenvalue weighted by molar-refractivity contribution is 0.615. The standard InChI is InChI=1S/C14H14BN3O/c19-15-12-6-8-13(9-7-12)18-14(10-16-17-18)11-4-2-1-3-5-11/h2,4-10,15,19H,1,3H2. The molecular weight excluding hydrogens is 237 g/mol. The van der Waals surface area contributed by atoms with Gasteiger partial charge in [0.05, 0.1) is 17.6 Å². The smallest absolute Gasteiger partial charge is 0.304 e. The number of nitrogens with zero attached hydrogens (tertiary/aromatic N) is 3. The van der Waals surface area contributed by atoms with Crippen LogP contribution in [0.25, 0.3) is 11.3 Å². The number of hydrogen-bond donors (Lipinski definition) is 1. The third-order valence-electron chi connectivity index (χ3n) is 3.20. The Morgan fingerprint density at radius 3 is 2.68 bits per heavy atom. The summed E-state index contributed by atoms with van der Waals surface area (Å²) in [5.41, 5.74) is 3.99. The van der Waals surface area contributed by atoms with Gasteiger partial charge in [-0.05, 0) is 30.5 Å². The number of rotatable bonds is 3. The van der Waals surface area contributed by atoms with Crippen LogP contribution in [0, 0.1) is 0 Å². The molecule has 0 saturated carbocycles. The van der Waals surface area contributed by atoms with Crippen LogP contribution in [0.1, 0.15) is 18.5 Å². The number of aromatic nitrogens is 3. The summed E-state index contributed by atoms with van der Waals surface area (Å²) in [5.74, 6) is 0. The van der Waals surface area contributed by atoms with Crippen LogP contribution < -0.4 is 5.46 Å². The van der Waals surface area contributed by atoms with E-state index in [2.05, 4.69) is 28.5 Å². The van der Waals surface area contributed by atoms with Gasteiger partial charge in [0, 0.05) is 0 Å². The van der Waals surface area contributed by atoms with Gasteiger partial charge < -0.3 is 5.02 Å². The average molecular weight is 251 g/mol. The second-order valence-corrected chi connectivity index (χ2v) is 4.49. The maximum atomic E-state index is 9.06. The van der Waals surface area contributed by atoms with E-state index in [0.717, 1.165) is 35.3 Å². The molecule has 0 atom stereocenters. The van der Waals surface area contributed by atoms with Crippen LogP contribution in [0.3, 0.4) is 0 Å². The first kappa shape index (κ1) is 11.9. The van der Waals surface area contributed by atoms with E-state index in [1.165, 1.54) is 0 Å². The van der Waals surface area contributed by atoms with Crippen LogP contribution in [0.5, 0.6) is 0 Å². The fraction of sp³-hybridized carbons (Fsp3) is 0.143. The lowest BCUT2D eigenvalue weighted by Gasteiger charge is -2.09. The Balaban J connectivity index is 1.99. The van der Waals surface area contributed by atoms with Crippen molar-refractivity contribution in [3.05, 3.63) is 54.4 Å². The van der Waals surface area contributed by atoms with Crippen molar-refractivity contribution in [2.45, 2.75) is 12.8 Å². The second-order valence-electron chi connectivity index (χ2n) is 4.49. The molecule has 1 heterocycles. The third kappa shape index (κ3) is 2.37. The first-order valence-corrected chi connectivity index (χ1v) is 6.36. The second kappa shape index (κ2) is 5.24. The minimum absolute atomic E-state index is 0.0540. The molecule has 0 bridgehead atoms. The van der Waals surface area contributed by atoms with Gasteiger partial charge in [0.2, 0.25) is 0 Å². The molecule has 0 fully saturated rings. The van der Waals surface area contributed by atoms with Crippen LogP contribution in [0.2, 0.25) is 0 Å². The topological polar surface area (TPSA) is 50.9 Å². The molecule has 1 aromatic carbocycles. The number of benzene rings is 1. The Bertz CT molecular complexity index is 628. The molecular formula is C14H14BN3O. The van der Waals surface area contributed by atoms with Crippen LogP contribution in [-0.4, -0.2) is 27.5 Å². The summed E-state index contributed by atoms with van der Waals surface area (Å²) in [4.78, 5) is 0. The van der Waals surface area contributed by atoms with Crippen molar-refractivity contribution in [2.75, 3.05) is 0 Å². The quantitative estimate of drug-likeness (QED) is 0.827. The van der Waals surface area contributed by atoms with E-state index in [1.54, 1.807) is 6.20 Å². The maximum absolute atomic E-state index is 9.06. The Labute approximate surface area is 112 Å². The van der Waals surface area contributed by atoms with E-state index in [1.807, 2.05) is 28.9 Å². The summed E-state index contributed by atoms with van der Waals surface area (Å²) >= 11 is 0. The summed E-state index contributed by atoms with van der Waals surface area (Å²) in [6.07, 6.45) is 10.4. The Morgan fingerprint density at radius 2 is 2.00 bits per heavy atom. The van der Waals surface area contributed by atoms with Crippen LogP contribution in [-0.2, 0) is 0 Å². The molecule has 2 aromatic rings. The van der Waals surface area contributed by atoms with Gasteiger partial charge >= 0.3 is 7.48 Å². The summed E-state index contributed by atoms with van der Waals surface area (Å²) in [5, 5.41) is 17.2. The van der Waals surface area contributed by atoms with Gasteiger partial charge in [-0.25, -0.2) is 4.68 Å². The van der Waals surface area contributed by atoms with Crippen molar-refractivity contribution in [3.8, 4) is 5.69 Å². The largest absolute Gasteiger partial charge is 0.449 e. The predicted molar refractivity (Wildman–Crippen MR) is 76.7 cm³/mol. The van der Waals surface area contributed by atoms with E-state index in [0.29, 0.717) is 0 Å². The van der Waals surface area contributed by atoms with Gasteiger partial charge in [-0.15, -0.1) is 5.10 Å². The highest BCUT2D eigenvalue weighted by atomic mass is 16.2. The molecule has 4 nitrogen and oxygen atoms in total. The summed E-state index contributed by atoms with van der Waals surface area (Å²) < 4.78 is 1.82. The van der Waals surface area contributed by atoms with Crippen molar-refractivity contribution in [3.63, 3.8) is 0 Å². The molecule has 5 heteroatoms. The molecule has 3 rings (SSSR count). The summed E-state index contributed by atoms with van der Waals surface area (Å²) in [6.45, 7) is 0. The highest BCUT2D eigenvalue weighted by molar-refractivity contribution is 6.45. The van der Waals surface area contributed by atoms with Gasteiger partial charge in [0.25, 0.3) is 0 Å². The molecule has 1 aliphatic rings. The Hall–Kier alpha value is -2.14. The van der Waals surface area contributed by atoms with Crippen molar-refractivity contribution in [1.29, 1.82) is 0 Å². The maximum Gasteiger partial charge on any atom is 0.304 e. The Morgan fingerprint density at radius 1 is 1.16 bits per heavy atom. The van der Waals surface area contributed by atoms with Gasteiger partial charge in [-0.2, -0.15) is 0 Å². The molecule has 1 aromatic heterocycles. The average Bonchev–Trinajstić information content (AvgIpc) is 2.98. The van der Waals surface area contributed by atoms with Crippen molar-refractivity contribution in [1.82, 2.24) is 15.0 Å². The van der Waals surface area contributed by atoms with Crippen LogP contribution in [0.4, 0.5) is 0 Å². The number of allylic oxidation sites excluding steroid dienone is 4. The number of hydrogen-bond acceptors (Lipinski definition) is 3. The molecule has 1 N–H and O–H groups in total. The fourth-order valence-electron chi connectivity index (χ4n) is 2.17. The monoisotopic (exact) mass is 251 g/mol. The summed E-state index contributed by atoms with van der Waals surface area (Å²) in [7, 11) is 0.0540. The lowest BCUT2D eigenvalue weighted by atomic mass is 9.89. The van der Waals surface area contributed by atoms with E-state index in [9.17, 15) is 0 Å². The van der Waals surface area contributed by atoms with Gasteiger partial charge in [0.15, 0.2) is 0 Å². The van der Waals surface area contributed by atoms with Crippen molar-refractivity contribution in [2.24, 2.45) is 0 Å². The molecule has 0 amide bonds. The minimum atomic E-state index is 0.0540. The molecule has 19 heavy (non-hydrogen) atoms. The van der Waals surface area contributed by atoms with E-state index >= 15 is 0 Å². The van der Waals surface area contributed by atoms with Crippen LogP contribution >= 0.6 is 0 Å². The first-order chi connectivity index (χ1) is 9.38. The van der Waals surface area contributed by atoms with Gasteiger partial charge in [0.1, 0.15) is 0 Å². The zero-order chi connectivity index (χ0) is 13.1. The molecule has 0 saturated heterocycles. The third-order valence-corrected chi connectivity index (χ3v) is 3.20. The fourth-order valence-corrected chi connectivity index (χ4v) is 2.17. The SMILES string of the molecule is OBc1ccc(-n2nncc2C2=CCCC=C2)cc1. The predicted octanol–water partition coefficient (Wildman–Crippen LogP) is 0.970. The molecule has 1 aliphatic carbocycles. The first-order valence-electron chi connectivity index (χ1n) is 6.36. The molecule has 0 spiro atoms. The highest BCUT2D eigenvalue weighted by Crippen LogP contribution is 2.22. The zero-order valence-corrected chi connectivity index (χ0v) is 10.5. The van der Waals surface area contributed by atoms with Gasteiger partial charge in [-0.3, -0.25) is 0 Å². The van der Waals surface area contributed by atoms with E-state index in [4.69, 9.17) is 5.02 Å². The highest BCUT2D eigenvalue weighted by Gasteiger charge is 2.10. The molecule has 0 unspecified atom stereocenters. The van der Waals surface area contributed by atoms with Crippen LogP contribution in [0.15, 0.2) is 48.7 Å². The zero-order valence-electron chi connectivity index (χ0n) is 10.5. The molecule has 94 valence electrons. The normalized spacial score (nSPS) is 14.3. The van der Waals surface area contributed by atoms with E-state index in [-0.39, 0.29) is 7.48 Å². The Kier molecular flexibility index (Phi) is 3.29. The van der Waals surface area contributed by atoms with Crippen molar-refractivity contribution >= 4 is 18.5 Å². The summed E-state index contributed by atoms with van der Waals surface area (Å²) in [6, 6.07) is 7.67. The van der Waals surface area contributed by atoms with Crippen molar-refractivity contribution < 1.29 is 5.02 Å². The van der Waals surface area contributed by atoms with Gasteiger partial charge in [-0.1, -0.05) is 41.0 Å². The minimum Gasteiger partial charge on any atom is -0.449 e. The molecule has 0 aliphatic heterocycles. The molecule has 0 radical (unpaired) electrons.